The minimum absolute atomic E-state index is 0.153. The van der Waals surface area contributed by atoms with E-state index >= 15 is 0 Å². The molecule has 0 N–H and O–H groups in total. The van der Waals surface area contributed by atoms with Gasteiger partial charge in [0.25, 0.3) is 0 Å². The van der Waals surface area contributed by atoms with E-state index in [9.17, 15) is 9.59 Å². The molecular weight excluding hydrogens is 246 g/mol. The Morgan fingerprint density at radius 1 is 1.21 bits per heavy atom. The van der Waals surface area contributed by atoms with Gasteiger partial charge >= 0.3 is 5.97 Å². The van der Waals surface area contributed by atoms with Gasteiger partial charge in [0.1, 0.15) is 0 Å². The fraction of sp³-hybridized carbons (Fsp3) is 0.846. The number of likely N-dealkylation sites (N-methyl/N-ethyl adjacent to an activating group) is 2. The highest BCUT2D eigenvalue weighted by atomic mass is 16.5. The number of carbonyl (C=O) groups is 2. The predicted molar refractivity (Wildman–Crippen MR) is 72.8 cm³/mol. The first-order valence-corrected chi connectivity index (χ1v) is 6.82. The van der Waals surface area contributed by atoms with Gasteiger partial charge < -0.3 is 14.5 Å². The summed E-state index contributed by atoms with van der Waals surface area (Å²) in [6.45, 7) is 7.17. The van der Waals surface area contributed by atoms with E-state index in [2.05, 4.69) is 16.7 Å². The molecule has 1 amide bonds. The maximum absolute atomic E-state index is 12.1. The molecule has 0 saturated carbocycles. The van der Waals surface area contributed by atoms with E-state index < -0.39 is 0 Å². The highest BCUT2D eigenvalue weighted by Gasteiger charge is 2.20. The van der Waals surface area contributed by atoms with E-state index in [0.29, 0.717) is 19.5 Å². The molecule has 0 bridgehead atoms. The lowest BCUT2D eigenvalue weighted by molar-refractivity contribution is -0.142. The summed E-state index contributed by atoms with van der Waals surface area (Å²) < 4.78 is 4.61. The lowest BCUT2D eigenvalue weighted by Crippen LogP contribution is -2.50. The van der Waals surface area contributed by atoms with Gasteiger partial charge in [-0.2, -0.15) is 0 Å². The first-order valence-electron chi connectivity index (χ1n) is 6.82. The molecule has 0 aromatic rings. The van der Waals surface area contributed by atoms with Crippen LogP contribution in [0, 0.1) is 0 Å². The monoisotopic (exact) mass is 271 g/mol. The number of esters is 1. The average Bonchev–Trinajstić information content (AvgIpc) is 2.43. The molecule has 0 aliphatic carbocycles. The van der Waals surface area contributed by atoms with Crippen LogP contribution in [-0.2, 0) is 14.3 Å². The van der Waals surface area contributed by atoms with Crippen LogP contribution in [-0.4, -0.2) is 86.5 Å². The molecule has 0 aromatic carbocycles. The van der Waals surface area contributed by atoms with Crippen LogP contribution in [0.1, 0.15) is 13.3 Å². The number of amides is 1. The number of piperazine rings is 1. The molecule has 110 valence electrons. The second-order valence-corrected chi connectivity index (χ2v) is 4.88. The van der Waals surface area contributed by atoms with Crippen LogP contribution in [0.5, 0.6) is 0 Å². The lowest BCUT2D eigenvalue weighted by Gasteiger charge is -2.33. The van der Waals surface area contributed by atoms with Gasteiger partial charge in [-0.3, -0.25) is 14.5 Å². The standard InChI is InChI=1S/C13H25N3O3/c1-4-15(6-5-13(18)19-3)11-12(17)16-9-7-14(2)8-10-16/h4-11H2,1-3H3. The molecule has 1 fully saturated rings. The molecule has 19 heavy (non-hydrogen) atoms. The maximum atomic E-state index is 12.1. The fourth-order valence-corrected chi connectivity index (χ4v) is 2.05. The molecule has 1 aliphatic heterocycles. The Hall–Kier alpha value is -1.14. The van der Waals surface area contributed by atoms with Gasteiger partial charge in [-0.25, -0.2) is 0 Å². The fourth-order valence-electron chi connectivity index (χ4n) is 2.05. The summed E-state index contributed by atoms with van der Waals surface area (Å²) in [6, 6.07) is 0. The summed E-state index contributed by atoms with van der Waals surface area (Å²) in [4.78, 5) is 29.4. The summed E-state index contributed by atoms with van der Waals surface area (Å²) in [5.74, 6) is -0.0784. The largest absolute Gasteiger partial charge is 0.469 e. The van der Waals surface area contributed by atoms with Crippen molar-refractivity contribution in [3.05, 3.63) is 0 Å². The number of hydrogen-bond donors (Lipinski definition) is 0. The second-order valence-electron chi connectivity index (χ2n) is 4.88. The summed E-state index contributed by atoms with van der Waals surface area (Å²) in [5, 5.41) is 0. The van der Waals surface area contributed by atoms with Crippen molar-refractivity contribution in [2.75, 3.05) is 60.0 Å². The maximum Gasteiger partial charge on any atom is 0.306 e. The highest BCUT2D eigenvalue weighted by molar-refractivity contribution is 5.78. The minimum Gasteiger partial charge on any atom is -0.469 e. The number of carbonyl (C=O) groups excluding carboxylic acids is 2. The van der Waals surface area contributed by atoms with Gasteiger partial charge in [0, 0.05) is 32.7 Å². The molecule has 1 saturated heterocycles. The summed E-state index contributed by atoms with van der Waals surface area (Å²) in [6.07, 6.45) is 0.334. The lowest BCUT2D eigenvalue weighted by atomic mass is 10.3. The number of nitrogens with zero attached hydrogens (tertiary/aromatic N) is 3. The molecule has 1 heterocycles. The summed E-state index contributed by atoms with van der Waals surface area (Å²) in [7, 11) is 3.45. The third-order valence-corrected chi connectivity index (χ3v) is 3.52. The first kappa shape index (κ1) is 15.9. The van der Waals surface area contributed by atoms with Crippen LogP contribution >= 0.6 is 0 Å². The van der Waals surface area contributed by atoms with Crippen molar-refractivity contribution < 1.29 is 14.3 Å². The third-order valence-electron chi connectivity index (χ3n) is 3.52. The van der Waals surface area contributed by atoms with Gasteiger partial charge in [-0.15, -0.1) is 0 Å². The number of rotatable bonds is 6. The Morgan fingerprint density at radius 2 is 1.84 bits per heavy atom. The molecule has 0 atom stereocenters. The van der Waals surface area contributed by atoms with Gasteiger partial charge in [-0.05, 0) is 13.6 Å². The van der Waals surface area contributed by atoms with Crippen molar-refractivity contribution in [1.82, 2.24) is 14.7 Å². The van der Waals surface area contributed by atoms with Gasteiger partial charge in [-0.1, -0.05) is 6.92 Å². The third kappa shape index (κ3) is 5.57. The van der Waals surface area contributed by atoms with Crippen molar-refractivity contribution in [2.24, 2.45) is 0 Å². The molecular formula is C13H25N3O3. The van der Waals surface area contributed by atoms with Crippen LogP contribution in [0.2, 0.25) is 0 Å². The zero-order valence-electron chi connectivity index (χ0n) is 12.2. The van der Waals surface area contributed by atoms with Crippen molar-refractivity contribution in [3.63, 3.8) is 0 Å². The van der Waals surface area contributed by atoms with Gasteiger partial charge in [0.2, 0.25) is 5.91 Å². The molecule has 6 heteroatoms. The van der Waals surface area contributed by atoms with Crippen LogP contribution < -0.4 is 0 Å². The first-order chi connectivity index (χ1) is 9.06. The van der Waals surface area contributed by atoms with Gasteiger partial charge in [0.05, 0.1) is 20.1 Å². The predicted octanol–water partition coefficient (Wildman–Crippen LogP) is -0.355. The molecule has 0 radical (unpaired) electrons. The topological polar surface area (TPSA) is 53.1 Å². The zero-order valence-corrected chi connectivity index (χ0v) is 12.2. The normalized spacial score (nSPS) is 16.7. The van der Waals surface area contributed by atoms with Crippen LogP contribution in [0.15, 0.2) is 0 Å². The Balaban J connectivity index is 2.33. The number of ether oxygens (including phenoxy) is 1. The molecule has 1 aliphatic rings. The highest BCUT2D eigenvalue weighted by Crippen LogP contribution is 2.02. The van der Waals surface area contributed by atoms with E-state index in [1.165, 1.54) is 7.11 Å². The minimum atomic E-state index is -0.231. The second kappa shape index (κ2) is 8.12. The van der Waals surface area contributed by atoms with E-state index in [1.54, 1.807) is 0 Å². The molecule has 0 aromatic heterocycles. The summed E-state index contributed by atoms with van der Waals surface area (Å²) >= 11 is 0. The van der Waals surface area contributed by atoms with Crippen LogP contribution in [0.4, 0.5) is 0 Å². The van der Waals surface area contributed by atoms with E-state index in [-0.39, 0.29) is 11.9 Å². The SMILES string of the molecule is CCN(CCC(=O)OC)CC(=O)N1CCN(C)CC1. The van der Waals surface area contributed by atoms with Crippen LogP contribution in [0.3, 0.4) is 0 Å². The smallest absolute Gasteiger partial charge is 0.306 e. The van der Waals surface area contributed by atoms with Crippen molar-refractivity contribution >= 4 is 11.9 Å². The van der Waals surface area contributed by atoms with Crippen molar-refractivity contribution in [3.8, 4) is 0 Å². The van der Waals surface area contributed by atoms with E-state index in [0.717, 1.165) is 32.7 Å². The molecule has 6 nitrogen and oxygen atoms in total. The van der Waals surface area contributed by atoms with Crippen molar-refractivity contribution in [2.45, 2.75) is 13.3 Å². The molecule has 0 spiro atoms. The summed E-state index contributed by atoms with van der Waals surface area (Å²) in [5.41, 5.74) is 0. The molecule has 0 unspecified atom stereocenters. The van der Waals surface area contributed by atoms with E-state index in [4.69, 9.17) is 0 Å². The number of hydrogen-bond acceptors (Lipinski definition) is 5. The molecule has 1 rings (SSSR count). The zero-order chi connectivity index (χ0) is 14.3. The average molecular weight is 271 g/mol. The Bertz CT molecular complexity index is 302. The van der Waals surface area contributed by atoms with E-state index in [1.807, 2.05) is 16.7 Å². The quantitative estimate of drug-likeness (QED) is 0.618. The Kier molecular flexibility index (Phi) is 6.80. The van der Waals surface area contributed by atoms with Crippen LogP contribution in [0.25, 0.3) is 0 Å². The Morgan fingerprint density at radius 3 is 2.37 bits per heavy atom. The Labute approximate surface area is 115 Å². The van der Waals surface area contributed by atoms with Gasteiger partial charge in [0.15, 0.2) is 0 Å². The number of methoxy groups -OCH3 is 1. The van der Waals surface area contributed by atoms with Crippen molar-refractivity contribution in [1.29, 1.82) is 0 Å².